The Hall–Kier alpha value is -2.45. The molecule has 0 saturated heterocycles. The molecule has 0 aliphatic heterocycles. The molecule has 0 aromatic heterocycles. The topological polar surface area (TPSA) is 78.4 Å². The van der Waals surface area contributed by atoms with Gasteiger partial charge in [-0.05, 0) is 30.3 Å². The van der Waals surface area contributed by atoms with Crippen LogP contribution in [-0.4, -0.2) is 40.1 Å². The number of hydrazone groups is 1. The molecule has 27 heavy (non-hydrogen) atoms. The Morgan fingerprint density at radius 2 is 1.78 bits per heavy atom. The van der Waals surface area contributed by atoms with E-state index >= 15 is 0 Å². The minimum atomic E-state index is -0.433. The maximum Gasteiger partial charge on any atom is 0.277 e. The molecule has 0 saturated carbocycles. The maximum absolute atomic E-state index is 11.9. The first-order chi connectivity index (χ1) is 13.0. The van der Waals surface area contributed by atoms with Crippen LogP contribution < -0.4 is 24.4 Å². The van der Waals surface area contributed by atoms with Gasteiger partial charge < -0.3 is 18.9 Å². The number of amides is 1. The third-order valence-electron chi connectivity index (χ3n) is 3.34. The van der Waals surface area contributed by atoms with Crippen molar-refractivity contribution in [3.05, 3.63) is 45.4 Å². The summed E-state index contributed by atoms with van der Waals surface area (Å²) < 4.78 is 22.0. The van der Waals surface area contributed by atoms with Crippen molar-refractivity contribution >= 4 is 39.7 Å². The van der Waals surface area contributed by atoms with Gasteiger partial charge in [0.15, 0.2) is 18.1 Å². The van der Waals surface area contributed by atoms with Crippen molar-refractivity contribution in [3.63, 3.8) is 0 Å². The van der Waals surface area contributed by atoms with E-state index in [2.05, 4.69) is 26.5 Å². The van der Waals surface area contributed by atoms with E-state index in [9.17, 15) is 4.79 Å². The van der Waals surface area contributed by atoms with E-state index in [-0.39, 0.29) is 6.61 Å². The van der Waals surface area contributed by atoms with E-state index in [1.807, 2.05) is 0 Å². The zero-order valence-corrected chi connectivity index (χ0v) is 17.3. The zero-order valence-electron chi connectivity index (χ0n) is 14.9. The van der Waals surface area contributed by atoms with Crippen molar-refractivity contribution in [2.75, 3.05) is 27.9 Å². The molecule has 0 spiro atoms. The Bertz CT molecular complexity index is 819. The minimum Gasteiger partial charge on any atom is -0.493 e. The molecule has 2 aromatic carbocycles. The lowest BCUT2D eigenvalue weighted by molar-refractivity contribution is -0.123. The number of rotatable bonds is 8. The third-order valence-corrected chi connectivity index (χ3v) is 4.13. The average molecular weight is 458 g/mol. The summed E-state index contributed by atoms with van der Waals surface area (Å²) in [7, 11) is 4.56. The van der Waals surface area contributed by atoms with E-state index in [0.29, 0.717) is 33.6 Å². The number of carbonyl (C=O) groups excluding carboxylic acids is 1. The molecule has 0 aliphatic rings. The molecule has 2 aromatic rings. The number of hydrogen-bond donors (Lipinski definition) is 1. The second-order valence-corrected chi connectivity index (χ2v) is 6.44. The van der Waals surface area contributed by atoms with Crippen molar-refractivity contribution in [3.8, 4) is 23.0 Å². The van der Waals surface area contributed by atoms with Crippen molar-refractivity contribution in [1.82, 2.24) is 5.43 Å². The highest BCUT2D eigenvalue weighted by Gasteiger charge is 2.12. The van der Waals surface area contributed by atoms with Crippen LogP contribution in [0.1, 0.15) is 5.56 Å². The number of halogens is 2. The van der Waals surface area contributed by atoms with Crippen LogP contribution in [0.4, 0.5) is 0 Å². The molecule has 1 N–H and O–H groups in total. The summed E-state index contributed by atoms with van der Waals surface area (Å²) >= 11 is 9.33. The first-order valence-corrected chi connectivity index (χ1v) is 8.85. The van der Waals surface area contributed by atoms with Crippen LogP contribution in [0, 0.1) is 0 Å². The van der Waals surface area contributed by atoms with Gasteiger partial charge in [0.25, 0.3) is 5.91 Å². The summed E-state index contributed by atoms with van der Waals surface area (Å²) in [5.41, 5.74) is 3.03. The van der Waals surface area contributed by atoms with Gasteiger partial charge in [0, 0.05) is 10.0 Å². The second-order valence-electron chi connectivity index (χ2n) is 5.12. The van der Waals surface area contributed by atoms with Gasteiger partial charge >= 0.3 is 0 Å². The highest BCUT2D eigenvalue weighted by molar-refractivity contribution is 9.10. The van der Waals surface area contributed by atoms with Gasteiger partial charge in [-0.3, -0.25) is 4.79 Å². The van der Waals surface area contributed by atoms with Crippen molar-refractivity contribution in [2.24, 2.45) is 5.10 Å². The number of nitrogens with zero attached hydrogens (tertiary/aromatic N) is 1. The summed E-state index contributed by atoms with van der Waals surface area (Å²) in [5, 5.41) is 4.30. The number of carbonyl (C=O) groups is 1. The molecule has 0 bridgehead atoms. The zero-order chi connectivity index (χ0) is 19.8. The number of hydrogen-bond acceptors (Lipinski definition) is 6. The lowest BCUT2D eigenvalue weighted by Gasteiger charge is -2.12. The third kappa shape index (κ3) is 5.77. The molecule has 144 valence electrons. The standard InChI is InChI=1S/C18H18BrClN2O5/c1-24-15-6-11(7-16(25-2)18(15)26-3)9-21-22-17(23)10-27-14-5-4-12(19)8-13(14)20/h4-9H,10H2,1-3H3,(H,22,23)/b21-9+. The predicted octanol–water partition coefficient (Wildman–Crippen LogP) is 3.66. The van der Waals surface area contributed by atoms with Crippen molar-refractivity contribution < 1.29 is 23.7 Å². The molecule has 0 heterocycles. The van der Waals surface area contributed by atoms with Gasteiger partial charge in [0.05, 0.1) is 32.6 Å². The number of methoxy groups -OCH3 is 3. The van der Waals surface area contributed by atoms with Crippen LogP contribution in [0.3, 0.4) is 0 Å². The molecular weight excluding hydrogens is 440 g/mol. The number of benzene rings is 2. The Morgan fingerprint density at radius 3 is 2.33 bits per heavy atom. The molecule has 0 unspecified atom stereocenters. The van der Waals surface area contributed by atoms with E-state index in [0.717, 1.165) is 4.47 Å². The summed E-state index contributed by atoms with van der Waals surface area (Å²) in [5.74, 6) is 1.41. The van der Waals surface area contributed by atoms with Gasteiger partial charge in [0.1, 0.15) is 5.75 Å². The molecule has 0 radical (unpaired) electrons. The lowest BCUT2D eigenvalue weighted by Crippen LogP contribution is -2.24. The average Bonchev–Trinajstić information content (AvgIpc) is 2.66. The molecular formula is C18H18BrClN2O5. The van der Waals surface area contributed by atoms with E-state index in [1.54, 1.807) is 30.3 Å². The number of ether oxygens (including phenoxy) is 4. The highest BCUT2D eigenvalue weighted by atomic mass is 79.9. The minimum absolute atomic E-state index is 0.228. The fourth-order valence-electron chi connectivity index (χ4n) is 2.12. The lowest BCUT2D eigenvalue weighted by atomic mass is 10.2. The smallest absolute Gasteiger partial charge is 0.277 e. The molecule has 0 aliphatic carbocycles. The van der Waals surface area contributed by atoms with Crippen LogP contribution in [0.5, 0.6) is 23.0 Å². The van der Waals surface area contributed by atoms with E-state index in [1.165, 1.54) is 27.5 Å². The van der Waals surface area contributed by atoms with Gasteiger partial charge in [-0.15, -0.1) is 0 Å². The van der Waals surface area contributed by atoms with Crippen LogP contribution >= 0.6 is 27.5 Å². The normalized spacial score (nSPS) is 10.6. The molecule has 7 nitrogen and oxygen atoms in total. The van der Waals surface area contributed by atoms with Crippen LogP contribution in [-0.2, 0) is 4.79 Å². The molecule has 9 heteroatoms. The van der Waals surface area contributed by atoms with E-state index < -0.39 is 5.91 Å². The van der Waals surface area contributed by atoms with Crippen LogP contribution in [0.15, 0.2) is 39.9 Å². The highest BCUT2D eigenvalue weighted by Crippen LogP contribution is 2.37. The summed E-state index contributed by atoms with van der Waals surface area (Å²) in [6.07, 6.45) is 1.45. The van der Waals surface area contributed by atoms with Gasteiger partial charge in [0.2, 0.25) is 5.75 Å². The van der Waals surface area contributed by atoms with Crippen molar-refractivity contribution in [1.29, 1.82) is 0 Å². The monoisotopic (exact) mass is 456 g/mol. The second kappa shape index (κ2) is 10.0. The molecule has 0 atom stereocenters. The van der Waals surface area contributed by atoms with Gasteiger partial charge in [-0.2, -0.15) is 5.10 Å². The first-order valence-electron chi connectivity index (χ1n) is 7.68. The van der Waals surface area contributed by atoms with E-state index in [4.69, 9.17) is 30.5 Å². The predicted molar refractivity (Wildman–Crippen MR) is 106 cm³/mol. The van der Waals surface area contributed by atoms with Crippen molar-refractivity contribution in [2.45, 2.75) is 0 Å². The Labute approximate surface area is 170 Å². The van der Waals surface area contributed by atoms with Gasteiger partial charge in [-0.1, -0.05) is 27.5 Å². The Kier molecular flexibility index (Phi) is 7.75. The van der Waals surface area contributed by atoms with Gasteiger partial charge in [-0.25, -0.2) is 5.43 Å². The maximum atomic E-state index is 11.9. The SMILES string of the molecule is COc1cc(/C=N/NC(=O)COc2ccc(Br)cc2Cl)cc(OC)c1OC. The Morgan fingerprint density at radius 1 is 1.11 bits per heavy atom. The fourth-order valence-corrected chi connectivity index (χ4v) is 2.85. The van der Waals surface area contributed by atoms with Crippen LogP contribution in [0.2, 0.25) is 5.02 Å². The molecule has 0 fully saturated rings. The van der Waals surface area contributed by atoms with Crippen LogP contribution in [0.25, 0.3) is 0 Å². The number of nitrogens with one attached hydrogen (secondary N) is 1. The quantitative estimate of drug-likeness (QED) is 0.483. The molecule has 2 rings (SSSR count). The summed E-state index contributed by atoms with van der Waals surface area (Å²) in [6, 6.07) is 8.52. The summed E-state index contributed by atoms with van der Waals surface area (Å²) in [6.45, 7) is -0.228. The fraction of sp³-hybridized carbons (Fsp3) is 0.222. The largest absolute Gasteiger partial charge is 0.493 e. The summed E-state index contributed by atoms with van der Waals surface area (Å²) in [4.78, 5) is 11.9. The Balaban J connectivity index is 1.97. The first kappa shape index (κ1) is 20.9. The molecule has 1 amide bonds.